The Morgan fingerprint density at radius 3 is 2.75 bits per heavy atom. The van der Waals surface area contributed by atoms with E-state index in [9.17, 15) is 0 Å². The van der Waals surface area contributed by atoms with Crippen molar-refractivity contribution in [1.29, 1.82) is 0 Å². The van der Waals surface area contributed by atoms with Gasteiger partial charge in [0.25, 0.3) is 0 Å². The lowest BCUT2D eigenvalue weighted by atomic mass is 9.85. The van der Waals surface area contributed by atoms with Crippen LogP contribution in [0.3, 0.4) is 0 Å². The fourth-order valence-corrected chi connectivity index (χ4v) is 1.86. The van der Waals surface area contributed by atoms with Crippen molar-refractivity contribution in [1.82, 2.24) is 5.32 Å². The highest BCUT2D eigenvalue weighted by molar-refractivity contribution is 4.79. The average Bonchev–Trinajstić information content (AvgIpc) is 2.09. The van der Waals surface area contributed by atoms with E-state index in [0.717, 1.165) is 6.54 Å². The third kappa shape index (κ3) is 3.09. The van der Waals surface area contributed by atoms with Crippen molar-refractivity contribution in [3.05, 3.63) is 0 Å². The first-order chi connectivity index (χ1) is 5.84. The van der Waals surface area contributed by atoms with Crippen LogP contribution in [-0.2, 0) is 0 Å². The van der Waals surface area contributed by atoms with Crippen molar-refractivity contribution in [2.75, 3.05) is 19.7 Å². The lowest BCUT2D eigenvalue weighted by Crippen LogP contribution is -2.39. The van der Waals surface area contributed by atoms with Crippen molar-refractivity contribution >= 4 is 0 Å². The van der Waals surface area contributed by atoms with Gasteiger partial charge in [0.1, 0.15) is 0 Å². The topological polar surface area (TPSA) is 58.3 Å². The molecule has 1 rings (SSSR count). The van der Waals surface area contributed by atoms with Gasteiger partial charge in [-0.2, -0.15) is 0 Å². The first-order valence-corrected chi connectivity index (χ1v) is 4.91. The zero-order chi connectivity index (χ0) is 8.81. The van der Waals surface area contributed by atoms with Crippen LogP contribution in [0.4, 0.5) is 0 Å². The molecular weight excluding hydrogens is 152 g/mol. The summed E-state index contributed by atoms with van der Waals surface area (Å²) < 4.78 is 0. The Morgan fingerprint density at radius 1 is 1.33 bits per heavy atom. The molecule has 3 heteroatoms. The maximum Gasteiger partial charge on any atom is 0.0555 e. The van der Waals surface area contributed by atoms with Crippen LogP contribution >= 0.6 is 0 Å². The van der Waals surface area contributed by atoms with Gasteiger partial charge in [-0.1, -0.05) is 12.8 Å². The van der Waals surface area contributed by atoms with Gasteiger partial charge in [0.2, 0.25) is 0 Å². The van der Waals surface area contributed by atoms with Gasteiger partial charge < -0.3 is 16.2 Å². The summed E-state index contributed by atoms with van der Waals surface area (Å²) >= 11 is 0. The van der Waals surface area contributed by atoms with Crippen LogP contribution in [-0.4, -0.2) is 30.8 Å². The number of nitrogens with two attached hydrogens (primary N) is 1. The van der Waals surface area contributed by atoms with Crippen LogP contribution in [0.1, 0.15) is 25.7 Å². The summed E-state index contributed by atoms with van der Waals surface area (Å²) in [6.45, 7) is 1.90. The summed E-state index contributed by atoms with van der Waals surface area (Å²) in [7, 11) is 0. The molecule has 0 aliphatic heterocycles. The van der Waals surface area contributed by atoms with E-state index in [1.54, 1.807) is 0 Å². The molecule has 0 heterocycles. The van der Waals surface area contributed by atoms with Gasteiger partial charge in [-0.25, -0.2) is 0 Å². The predicted molar refractivity (Wildman–Crippen MR) is 49.9 cm³/mol. The SMILES string of the molecule is N[C@H]1CCCC[C@H]1CNCCO. The van der Waals surface area contributed by atoms with Crippen molar-refractivity contribution in [3.8, 4) is 0 Å². The highest BCUT2D eigenvalue weighted by Crippen LogP contribution is 2.21. The lowest BCUT2D eigenvalue weighted by Gasteiger charge is -2.28. The first-order valence-electron chi connectivity index (χ1n) is 4.91. The molecule has 12 heavy (non-hydrogen) atoms. The molecule has 0 aromatic heterocycles. The molecule has 3 nitrogen and oxygen atoms in total. The molecule has 1 aliphatic rings. The highest BCUT2D eigenvalue weighted by atomic mass is 16.3. The number of hydrogen-bond acceptors (Lipinski definition) is 3. The quantitative estimate of drug-likeness (QED) is 0.527. The van der Waals surface area contributed by atoms with E-state index in [4.69, 9.17) is 10.8 Å². The second kappa shape index (κ2) is 5.51. The molecule has 0 amide bonds. The van der Waals surface area contributed by atoms with E-state index >= 15 is 0 Å². The molecule has 4 N–H and O–H groups in total. The first kappa shape index (κ1) is 9.96. The maximum absolute atomic E-state index is 8.57. The zero-order valence-electron chi connectivity index (χ0n) is 7.63. The van der Waals surface area contributed by atoms with Gasteiger partial charge in [0, 0.05) is 12.6 Å². The average molecular weight is 172 g/mol. The Bertz CT molecular complexity index is 119. The Labute approximate surface area is 74.3 Å². The Morgan fingerprint density at radius 2 is 2.08 bits per heavy atom. The van der Waals surface area contributed by atoms with E-state index in [2.05, 4.69) is 5.32 Å². The standard InChI is InChI=1S/C9H20N2O/c10-9-4-2-1-3-8(9)7-11-5-6-12/h8-9,11-12H,1-7,10H2/t8-,9-/m0/s1. The molecule has 0 bridgehead atoms. The van der Waals surface area contributed by atoms with Crippen LogP contribution in [0.2, 0.25) is 0 Å². The largest absolute Gasteiger partial charge is 0.395 e. The third-order valence-corrected chi connectivity index (χ3v) is 2.66. The summed E-state index contributed by atoms with van der Waals surface area (Å²) in [4.78, 5) is 0. The van der Waals surface area contributed by atoms with Crippen molar-refractivity contribution in [2.24, 2.45) is 11.7 Å². The van der Waals surface area contributed by atoms with Crippen LogP contribution in [0.15, 0.2) is 0 Å². The molecule has 0 spiro atoms. The second-order valence-corrected chi connectivity index (χ2v) is 3.64. The Hall–Kier alpha value is -0.120. The van der Waals surface area contributed by atoms with Crippen molar-refractivity contribution in [3.63, 3.8) is 0 Å². The Balaban J connectivity index is 2.11. The smallest absolute Gasteiger partial charge is 0.0555 e. The monoisotopic (exact) mass is 172 g/mol. The van der Waals surface area contributed by atoms with Gasteiger partial charge in [-0.05, 0) is 25.3 Å². The van der Waals surface area contributed by atoms with Crippen LogP contribution in [0.5, 0.6) is 0 Å². The summed E-state index contributed by atoms with van der Waals surface area (Å²) in [5.41, 5.74) is 5.96. The fourth-order valence-electron chi connectivity index (χ4n) is 1.86. The van der Waals surface area contributed by atoms with Gasteiger partial charge in [0.05, 0.1) is 6.61 Å². The van der Waals surface area contributed by atoms with Crippen molar-refractivity contribution < 1.29 is 5.11 Å². The third-order valence-electron chi connectivity index (χ3n) is 2.66. The van der Waals surface area contributed by atoms with E-state index in [1.807, 2.05) is 0 Å². The number of aliphatic hydroxyl groups excluding tert-OH is 1. The summed E-state index contributed by atoms with van der Waals surface area (Å²) in [5, 5.41) is 11.8. The molecule has 1 saturated carbocycles. The lowest BCUT2D eigenvalue weighted by molar-refractivity contribution is 0.265. The minimum atomic E-state index is 0.224. The number of nitrogens with one attached hydrogen (secondary N) is 1. The number of rotatable bonds is 4. The Kier molecular flexibility index (Phi) is 4.58. The van der Waals surface area contributed by atoms with Gasteiger partial charge in [-0.15, -0.1) is 0 Å². The maximum atomic E-state index is 8.57. The van der Waals surface area contributed by atoms with E-state index < -0.39 is 0 Å². The summed E-state index contributed by atoms with van der Waals surface area (Å²) in [6, 6.07) is 0.380. The number of hydrogen-bond donors (Lipinski definition) is 3. The number of aliphatic hydroxyl groups is 1. The molecule has 0 saturated heterocycles. The molecular formula is C9H20N2O. The molecule has 0 aromatic carbocycles. The fraction of sp³-hybridized carbons (Fsp3) is 1.00. The second-order valence-electron chi connectivity index (χ2n) is 3.64. The summed E-state index contributed by atoms with van der Waals surface area (Å²) in [6.07, 6.45) is 5.03. The zero-order valence-corrected chi connectivity index (χ0v) is 7.63. The molecule has 1 aliphatic carbocycles. The van der Waals surface area contributed by atoms with Crippen LogP contribution in [0.25, 0.3) is 0 Å². The van der Waals surface area contributed by atoms with E-state index in [-0.39, 0.29) is 6.61 Å². The minimum Gasteiger partial charge on any atom is -0.395 e. The van der Waals surface area contributed by atoms with E-state index in [0.29, 0.717) is 18.5 Å². The van der Waals surface area contributed by atoms with Crippen molar-refractivity contribution in [2.45, 2.75) is 31.7 Å². The molecule has 1 fully saturated rings. The normalized spacial score (nSPS) is 30.5. The van der Waals surface area contributed by atoms with E-state index in [1.165, 1.54) is 25.7 Å². The molecule has 0 unspecified atom stereocenters. The predicted octanol–water partition coefficient (Wildman–Crippen LogP) is 0.0858. The van der Waals surface area contributed by atoms with Crippen LogP contribution < -0.4 is 11.1 Å². The van der Waals surface area contributed by atoms with Crippen LogP contribution in [0, 0.1) is 5.92 Å². The van der Waals surface area contributed by atoms with Gasteiger partial charge in [0.15, 0.2) is 0 Å². The summed E-state index contributed by atoms with van der Waals surface area (Å²) in [5.74, 6) is 0.630. The molecule has 0 radical (unpaired) electrons. The molecule has 0 aromatic rings. The van der Waals surface area contributed by atoms with Gasteiger partial charge in [-0.3, -0.25) is 0 Å². The molecule has 72 valence electrons. The minimum absolute atomic E-state index is 0.224. The highest BCUT2D eigenvalue weighted by Gasteiger charge is 2.20. The van der Waals surface area contributed by atoms with Gasteiger partial charge >= 0.3 is 0 Å². The molecule has 2 atom stereocenters.